The predicted octanol–water partition coefficient (Wildman–Crippen LogP) is 0.313. The number of rotatable bonds is 6. The number of carbonyl (C=O) groups excluding carboxylic acids is 2. The molecule has 1 saturated heterocycles. The second kappa shape index (κ2) is 8.21. The molecule has 0 spiro atoms. The van der Waals surface area contributed by atoms with E-state index in [1.54, 1.807) is 25.3 Å². The van der Waals surface area contributed by atoms with Crippen molar-refractivity contribution in [2.45, 2.75) is 25.4 Å². The normalized spacial score (nSPS) is 20.7. The summed E-state index contributed by atoms with van der Waals surface area (Å²) >= 11 is 0. The summed E-state index contributed by atoms with van der Waals surface area (Å²) in [7, 11) is 3.14. The van der Waals surface area contributed by atoms with Gasteiger partial charge in [-0.1, -0.05) is 6.07 Å². The predicted molar refractivity (Wildman–Crippen MR) is 88.5 cm³/mol. The lowest BCUT2D eigenvalue weighted by Gasteiger charge is -2.42. The van der Waals surface area contributed by atoms with E-state index in [2.05, 4.69) is 10.3 Å². The molecule has 0 bridgehead atoms. The van der Waals surface area contributed by atoms with E-state index < -0.39 is 5.60 Å². The Kier molecular flexibility index (Phi) is 6.28. The highest BCUT2D eigenvalue weighted by Gasteiger charge is 2.40. The number of aryl methyl sites for hydroxylation is 1. The summed E-state index contributed by atoms with van der Waals surface area (Å²) in [6.07, 6.45) is 2.15. The average Bonchev–Trinajstić information content (AvgIpc) is 2.57. The lowest BCUT2D eigenvalue weighted by atomic mass is 9.97. The Morgan fingerprint density at radius 3 is 2.88 bits per heavy atom. The molecule has 2 rings (SSSR count). The molecule has 7 nitrogen and oxygen atoms in total. The van der Waals surface area contributed by atoms with Crippen molar-refractivity contribution in [3.05, 3.63) is 29.6 Å². The number of carbonyl (C=O) groups is 2. The number of aromatic nitrogens is 1. The maximum absolute atomic E-state index is 12.6. The Labute approximate surface area is 142 Å². The Morgan fingerprint density at radius 2 is 2.25 bits per heavy atom. The van der Waals surface area contributed by atoms with Crippen LogP contribution in [0.5, 0.6) is 0 Å². The number of hydrogen-bond acceptors (Lipinski definition) is 5. The molecule has 0 saturated carbocycles. The molecular formula is C17H25N3O4. The van der Waals surface area contributed by atoms with Crippen molar-refractivity contribution in [1.29, 1.82) is 0 Å². The summed E-state index contributed by atoms with van der Waals surface area (Å²) in [5, 5.41) is 2.60. The van der Waals surface area contributed by atoms with E-state index in [1.165, 1.54) is 0 Å². The SMILES string of the molecule is CNC(=O)C[C@]1(COC)CN(C(=O)Cc2ccc(C)cn2)CCO1. The van der Waals surface area contributed by atoms with Crippen molar-refractivity contribution >= 4 is 11.8 Å². The van der Waals surface area contributed by atoms with Crippen molar-refractivity contribution in [3.63, 3.8) is 0 Å². The zero-order valence-electron chi connectivity index (χ0n) is 14.5. The van der Waals surface area contributed by atoms with Gasteiger partial charge in [0, 0.05) is 32.6 Å². The third-order valence-corrected chi connectivity index (χ3v) is 4.08. The Balaban J connectivity index is 2.05. The molecule has 1 aromatic heterocycles. The molecule has 132 valence electrons. The quantitative estimate of drug-likeness (QED) is 0.809. The number of nitrogens with one attached hydrogen (secondary N) is 1. The Hall–Kier alpha value is -1.99. The summed E-state index contributed by atoms with van der Waals surface area (Å²) in [4.78, 5) is 30.4. The smallest absolute Gasteiger partial charge is 0.228 e. The van der Waals surface area contributed by atoms with E-state index in [0.717, 1.165) is 11.3 Å². The summed E-state index contributed by atoms with van der Waals surface area (Å²) < 4.78 is 11.1. The van der Waals surface area contributed by atoms with Gasteiger partial charge in [0.15, 0.2) is 0 Å². The Morgan fingerprint density at radius 1 is 1.46 bits per heavy atom. The van der Waals surface area contributed by atoms with Gasteiger partial charge < -0.3 is 19.7 Å². The van der Waals surface area contributed by atoms with E-state index in [1.807, 2.05) is 19.1 Å². The molecule has 0 unspecified atom stereocenters. The number of pyridine rings is 1. The van der Waals surface area contributed by atoms with Crippen LogP contribution in [-0.4, -0.2) is 67.8 Å². The van der Waals surface area contributed by atoms with Gasteiger partial charge in [0.05, 0.1) is 32.6 Å². The van der Waals surface area contributed by atoms with Gasteiger partial charge >= 0.3 is 0 Å². The van der Waals surface area contributed by atoms with Gasteiger partial charge in [-0.15, -0.1) is 0 Å². The van der Waals surface area contributed by atoms with Gasteiger partial charge in [0.1, 0.15) is 5.60 Å². The van der Waals surface area contributed by atoms with Gasteiger partial charge in [-0.2, -0.15) is 0 Å². The highest BCUT2D eigenvalue weighted by Crippen LogP contribution is 2.23. The zero-order chi connectivity index (χ0) is 17.6. The van der Waals surface area contributed by atoms with Crippen LogP contribution in [0.2, 0.25) is 0 Å². The largest absolute Gasteiger partial charge is 0.382 e. The van der Waals surface area contributed by atoms with Crippen LogP contribution >= 0.6 is 0 Å². The fourth-order valence-corrected chi connectivity index (χ4v) is 2.82. The zero-order valence-corrected chi connectivity index (χ0v) is 14.5. The summed E-state index contributed by atoms with van der Waals surface area (Å²) in [5.74, 6) is -0.159. The van der Waals surface area contributed by atoms with Crippen molar-refractivity contribution in [1.82, 2.24) is 15.2 Å². The van der Waals surface area contributed by atoms with Gasteiger partial charge in [-0.3, -0.25) is 14.6 Å². The number of methoxy groups -OCH3 is 1. The average molecular weight is 335 g/mol. The molecule has 1 aliphatic heterocycles. The minimum Gasteiger partial charge on any atom is -0.382 e. The lowest BCUT2D eigenvalue weighted by molar-refractivity contribution is -0.166. The maximum atomic E-state index is 12.6. The molecule has 2 heterocycles. The molecule has 7 heteroatoms. The van der Waals surface area contributed by atoms with Crippen LogP contribution in [0.1, 0.15) is 17.7 Å². The van der Waals surface area contributed by atoms with Crippen molar-refractivity contribution in [2.24, 2.45) is 0 Å². The molecule has 24 heavy (non-hydrogen) atoms. The second-order valence-electron chi connectivity index (χ2n) is 6.13. The van der Waals surface area contributed by atoms with E-state index in [4.69, 9.17) is 9.47 Å². The second-order valence-corrected chi connectivity index (χ2v) is 6.13. The molecule has 1 N–H and O–H groups in total. The van der Waals surface area contributed by atoms with Crippen LogP contribution in [0, 0.1) is 6.92 Å². The molecule has 0 aliphatic carbocycles. The molecule has 1 aromatic rings. The molecule has 1 aliphatic rings. The fourth-order valence-electron chi connectivity index (χ4n) is 2.82. The van der Waals surface area contributed by atoms with E-state index in [9.17, 15) is 9.59 Å². The molecule has 1 fully saturated rings. The van der Waals surface area contributed by atoms with Crippen molar-refractivity contribution in [2.75, 3.05) is 40.5 Å². The van der Waals surface area contributed by atoms with Crippen LogP contribution in [0.4, 0.5) is 0 Å². The molecule has 1 atom stereocenters. The van der Waals surface area contributed by atoms with Gasteiger partial charge in [-0.25, -0.2) is 0 Å². The molecular weight excluding hydrogens is 310 g/mol. The monoisotopic (exact) mass is 335 g/mol. The van der Waals surface area contributed by atoms with E-state index in [0.29, 0.717) is 19.7 Å². The summed E-state index contributed by atoms with van der Waals surface area (Å²) in [6.45, 7) is 3.43. The van der Waals surface area contributed by atoms with Crippen LogP contribution < -0.4 is 5.32 Å². The minimum atomic E-state index is -0.802. The molecule has 0 radical (unpaired) electrons. The fraction of sp³-hybridized carbons (Fsp3) is 0.588. The highest BCUT2D eigenvalue weighted by atomic mass is 16.5. The number of morpholine rings is 1. The van der Waals surface area contributed by atoms with Crippen molar-refractivity contribution < 1.29 is 19.1 Å². The maximum Gasteiger partial charge on any atom is 0.228 e. The number of amides is 2. The Bertz CT molecular complexity index is 572. The van der Waals surface area contributed by atoms with Gasteiger partial charge in [-0.05, 0) is 18.6 Å². The minimum absolute atomic E-state index is 0.0213. The first-order chi connectivity index (χ1) is 11.5. The van der Waals surface area contributed by atoms with E-state index >= 15 is 0 Å². The number of hydrogen-bond donors (Lipinski definition) is 1. The van der Waals surface area contributed by atoms with Crippen LogP contribution in [-0.2, 0) is 25.5 Å². The first-order valence-electron chi connectivity index (χ1n) is 8.01. The van der Waals surface area contributed by atoms with Gasteiger partial charge in [0.25, 0.3) is 0 Å². The summed E-state index contributed by atoms with van der Waals surface area (Å²) in [5.41, 5.74) is 0.992. The molecule has 2 amide bonds. The number of ether oxygens (including phenoxy) is 2. The highest BCUT2D eigenvalue weighted by molar-refractivity contribution is 5.79. The van der Waals surface area contributed by atoms with E-state index in [-0.39, 0.29) is 31.3 Å². The number of nitrogens with zero attached hydrogens (tertiary/aromatic N) is 2. The summed E-state index contributed by atoms with van der Waals surface area (Å²) in [6, 6.07) is 3.80. The van der Waals surface area contributed by atoms with Gasteiger partial charge in [0.2, 0.25) is 11.8 Å². The molecule has 0 aromatic carbocycles. The van der Waals surface area contributed by atoms with Crippen LogP contribution in [0.3, 0.4) is 0 Å². The lowest BCUT2D eigenvalue weighted by Crippen LogP contribution is -2.57. The van der Waals surface area contributed by atoms with Crippen molar-refractivity contribution in [3.8, 4) is 0 Å². The topological polar surface area (TPSA) is 80.8 Å². The first kappa shape index (κ1) is 18.4. The van der Waals surface area contributed by atoms with Crippen LogP contribution in [0.25, 0.3) is 0 Å². The standard InChI is InChI=1S/C17H25N3O4/c1-13-4-5-14(19-10-13)8-16(22)20-6-7-24-17(11-20,12-23-3)9-15(21)18-2/h4-5,10H,6-9,11-12H2,1-3H3,(H,18,21)/t17-/m1/s1. The third-order valence-electron chi connectivity index (χ3n) is 4.08. The first-order valence-corrected chi connectivity index (χ1v) is 8.01. The van der Waals surface area contributed by atoms with Crippen LogP contribution in [0.15, 0.2) is 18.3 Å². The third kappa shape index (κ3) is 4.75.